The van der Waals surface area contributed by atoms with Gasteiger partial charge < -0.3 is 5.11 Å². The highest BCUT2D eigenvalue weighted by Gasteiger charge is 2.17. The molecule has 0 saturated carbocycles. The largest absolute Gasteiger partial charge is 0.493 e. The fraction of sp³-hybridized carbons (Fsp3) is 0.167. The van der Waals surface area contributed by atoms with Gasteiger partial charge in [-0.15, -0.1) is 0 Å². The van der Waals surface area contributed by atoms with Crippen molar-refractivity contribution >= 4 is 0 Å². The average Bonchev–Trinajstić information content (AvgIpc) is 2.75. The molecular weight excluding hydrogens is 260 g/mol. The van der Waals surface area contributed by atoms with E-state index < -0.39 is 0 Å². The zero-order chi connectivity index (χ0) is 15.0. The fourth-order valence-corrected chi connectivity index (χ4v) is 2.51. The first kappa shape index (κ1) is 13.4. The number of hydrogen-bond acceptors (Lipinski definition) is 2. The van der Waals surface area contributed by atoms with Crippen LogP contribution in [0, 0.1) is 20.8 Å². The van der Waals surface area contributed by atoms with E-state index in [-0.39, 0.29) is 5.88 Å². The van der Waals surface area contributed by atoms with Crippen molar-refractivity contribution in [1.82, 2.24) is 9.78 Å². The van der Waals surface area contributed by atoms with Gasteiger partial charge in [0.1, 0.15) is 0 Å². The van der Waals surface area contributed by atoms with Gasteiger partial charge in [0.15, 0.2) is 0 Å². The summed E-state index contributed by atoms with van der Waals surface area (Å²) in [5.74, 6) is 0.182. The number of rotatable bonds is 2. The van der Waals surface area contributed by atoms with Crippen molar-refractivity contribution in [2.75, 3.05) is 0 Å². The van der Waals surface area contributed by atoms with Gasteiger partial charge in [-0.05, 0) is 44.0 Å². The van der Waals surface area contributed by atoms with Gasteiger partial charge in [-0.3, -0.25) is 0 Å². The second-order valence-electron chi connectivity index (χ2n) is 5.40. The second kappa shape index (κ2) is 5.09. The van der Waals surface area contributed by atoms with Gasteiger partial charge in [-0.2, -0.15) is 5.10 Å². The first-order valence-electron chi connectivity index (χ1n) is 6.99. The Morgan fingerprint density at radius 3 is 2.29 bits per heavy atom. The lowest BCUT2D eigenvalue weighted by Gasteiger charge is -2.05. The number of benzene rings is 2. The van der Waals surface area contributed by atoms with Gasteiger partial charge in [0.05, 0.1) is 16.9 Å². The number of aryl methyl sites for hydroxylation is 3. The molecule has 106 valence electrons. The molecule has 3 rings (SSSR count). The standard InChI is InChI=1S/C18H18N2O/c1-12-7-9-15(10-8-12)17-14(3)19-20(18(17)21)16-6-4-5-13(2)11-16/h4-11,21H,1-3H3. The van der Waals surface area contributed by atoms with E-state index in [2.05, 4.69) is 5.10 Å². The second-order valence-corrected chi connectivity index (χ2v) is 5.40. The maximum atomic E-state index is 10.6. The normalized spacial score (nSPS) is 10.8. The Morgan fingerprint density at radius 2 is 1.62 bits per heavy atom. The molecule has 0 spiro atoms. The van der Waals surface area contributed by atoms with Crippen molar-refractivity contribution in [3.05, 3.63) is 65.4 Å². The zero-order valence-corrected chi connectivity index (χ0v) is 12.5. The maximum absolute atomic E-state index is 10.6. The van der Waals surface area contributed by atoms with Crippen LogP contribution in [0.15, 0.2) is 48.5 Å². The van der Waals surface area contributed by atoms with Crippen LogP contribution in [-0.4, -0.2) is 14.9 Å². The molecule has 2 aromatic carbocycles. The predicted octanol–water partition coefficient (Wildman–Crippen LogP) is 4.17. The Kier molecular flexibility index (Phi) is 3.26. The fourth-order valence-electron chi connectivity index (χ4n) is 2.51. The van der Waals surface area contributed by atoms with Crippen molar-refractivity contribution in [3.63, 3.8) is 0 Å². The Balaban J connectivity index is 2.14. The van der Waals surface area contributed by atoms with Crippen molar-refractivity contribution in [1.29, 1.82) is 0 Å². The predicted molar refractivity (Wildman–Crippen MR) is 84.9 cm³/mol. The molecule has 21 heavy (non-hydrogen) atoms. The quantitative estimate of drug-likeness (QED) is 0.764. The molecule has 0 amide bonds. The van der Waals surface area contributed by atoms with E-state index in [9.17, 15) is 5.11 Å². The summed E-state index contributed by atoms with van der Waals surface area (Å²) in [7, 11) is 0. The van der Waals surface area contributed by atoms with Gasteiger partial charge in [0, 0.05) is 0 Å². The maximum Gasteiger partial charge on any atom is 0.222 e. The molecule has 0 atom stereocenters. The van der Waals surface area contributed by atoms with E-state index in [0.29, 0.717) is 0 Å². The van der Waals surface area contributed by atoms with Crippen LogP contribution in [-0.2, 0) is 0 Å². The van der Waals surface area contributed by atoms with Gasteiger partial charge in [-0.25, -0.2) is 4.68 Å². The van der Waals surface area contributed by atoms with Crippen molar-refractivity contribution in [2.45, 2.75) is 20.8 Å². The molecule has 0 aliphatic heterocycles. The summed E-state index contributed by atoms with van der Waals surface area (Å²) in [6.45, 7) is 5.99. The monoisotopic (exact) mass is 278 g/mol. The minimum atomic E-state index is 0.182. The topological polar surface area (TPSA) is 38.0 Å². The molecule has 3 aromatic rings. The third-order valence-electron chi connectivity index (χ3n) is 3.62. The van der Waals surface area contributed by atoms with E-state index in [1.165, 1.54) is 5.56 Å². The minimum absolute atomic E-state index is 0.182. The summed E-state index contributed by atoms with van der Waals surface area (Å²) in [5.41, 5.74) is 5.79. The molecule has 0 aliphatic rings. The van der Waals surface area contributed by atoms with Crippen LogP contribution in [0.4, 0.5) is 0 Å². The summed E-state index contributed by atoms with van der Waals surface area (Å²) in [6.07, 6.45) is 0. The van der Waals surface area contributed by atoms with E-state index in [1.54, 1.807) is 4.68 Å². The number of nitrogens with zero attached hydrogens (tertiary/aromatic N) is 2. The van der Waals surface area contributed by atoms with Gasteiger partial charge >= 0.3 is 0 Å². The van der Waals surface area contributed by atoms with E-state index in [0.717, 1.165) is 28.1 Å². The molecule has 0 unspecified atom stereocenters. The van der Waals surface area contributed by atoms with Crippen LogP contribution in [0.3, 0.4) is 0 Å². The summed E-state index contributed by atoms with van der Waals surface area (Å²) >= 11 is 0. The first-order chi connectivity index (χ1) is 10.1. The van der Waals surface area contributed by atoms with Gasteiger partial charge in [0.25, 0.3) is 0 Å². The van der Waals surface area contributed by atoms with Gasteiger partial charge in [0.2, 0.25) is 5.88 Å². The molecule has 1 heterocycles. The van der Waals surface area contributed by atoms with E-state index in [1.807, 2.05) is 69.3 Å². The molecular formula is C18H18N2O. The van der Waals surface area contributed by atoms with Crippen molar-refractivity contribution in [2.24, 2.45) is 0 Å². The van der Waals surface area contributed by atoms with E-state index in [4.69, 9.17) is 0 Å². The van der Waals surface area contributed by atoms with Crippen LogP contribution >= 0.6 is 0 Å². The molecule has 1 aromatic heterocycles. The Morgan fingerprint density at radius 1 is 0.905 bits per heavy atom. The van der Waals surface area contributed by atoms with Gasteiger partial charge in [-0.1, -0.05) is 42.0 Å². The molecule has 0 radical (unpaired) electrons. The Hall–Kier alpha value is -2.55. The number of aromatic nitrogens is 2. The zero-order valence-electron chi connectivity index (χ0n) is 12.5. The molecule has 0 aliphatic carbocycles. The van der Waals surface area contributed by atoms with Crippen molar-refractivity contribution < 1.29 is 5.11 Å². The lowest BCUT2D eigenvalue weighted by molar-refractivity contribution is 0.435. The molecule has 0 saturated heterocycles. The lowest BCUT2D eigenvalue weighted by atomic mass is 10.0. The van der Waals surface area contributed by atoms with E-state index >= 15 is 0 Å². The Bertz CT molecular complexity index is 785. The van der Waals surface area contributed by atoms with Crippen molar-refractivity contribution in [3.8, 4) is 22.7 Å². The SMILES string of the molecule is Cc1ccc(-c2c(C)nn(-c3cccc(C)c3)c2O)cc1. The third kappa shape index (κ3) is 2.42. The third-order valence-corrected chi connectivity index (χ3v) is 3.62. The minimum Gasteiger partial charge on any atom is -0.493 e. The lowest BCUT2D eigenvalue weighted by Crippen LogP contribution is -1.96. The summed E-state index contributed by atoms with van der Waals surface area (Å²) in [4.78, 5) is 0. The van der Waals surface area contributed by atoms with Crippen LogP contribution in [0.1, 0.15) is 16.8 Å². The molecule has 0 fully saturated rings. The smallest absolute Gasteiger partial charge is 0.222 e. The highest BCUT2D eigenvalue weighted by atomic mass is 16.3. The number of hydrogen-bond donors (Lipinski definition) is 1. The highest BCUT2D eigenvalue weighted by molar-refractivity contribution is 5.72. The van der Waals surface area contributed by atoms with Crippen LogP contribution in [0.25, 0.3) is 16.8 Å². The summed E-state index contributed by atoms with van der Waals surface area (Å²) in [6, 6.07) is 16.0. The van der Waals surface area contributed by atoms with Crippen LogP contribution in [0.2, 0.25) is 0 Å². The molecule has 0 bridgehead atoms. The molecule has 3 nitrogen and oxygen atoms in total. The Labute approximate surface area is 124 Å². The first-order valence-corrected chi connectivity index (χ1v) is 6.99. The molecule has 1 N–H and O–H groups in total. The van der Waals surface area contributed by atoms with Crippen LogP contribution in [0.5, 0.6) is 5.88 Å². The molecule has 3 heteroatoms. The summed E-state index contributed by atoms with van der Waals surface area (Å²) < 4.78 is 1.59. The number of aromatic hydroxyl groups is 1. The highest BCUT2D eigenvalue weighted by Crippen LogP contribution is 2.34. The average molecular weight is 278 g/mol. The summed E-state index contributed by atoms with van der Waals surface area (Å²) in [5, 5.41) is 15.1. The van der Waals surface area contributed by atoms with Crippen LogP contribution < -0.4 is 0 Å².